The number of aromatic nitrogens is 2. The van der Waals surface area contributed by atoms with Gasteiger partial charge in [-0.3, -0.25) is 4.90 Å². The zero-order valence-electron chi connectivity index (χ0n) is 11.2. The number of rotatable bonds is 5. The molecule has 2 heterocycles. The van der Waals surface area contributed by atoms with Gasteiger partial charge in [0.25, 0.3) is 0 Å². The largest absolute Gasteiger partial charge is 0.379 e. The van der Waals surface area contributed by atoms with Crippen molar-refractivity contribution in [1.29, 1.82) is 0 Å². The molecule has 7 heteroatoms. The van der Waals surface area contributed by atoms with Crippen LogP contribution in [0.4, 0.5) is 11.1 Å². The number of anilines is 2. The standard InChI is InChI=1S/C11H21N5OS/c1-9(8-16-4-6-17-7-5-16)12-11-13-10(14-18-11)15(2)3/h9H,4-8H2,1-3H3,(H,12,13,14)/t9-/m0/s1. The van der Waals surface area contributed by atoms with E-state index in [4.69, 9.17) is 4.74 Å². The topological polar surface area (TPSA) is 53.5 Å². The lowest BCUT2D eigenvalue weighted by Gasteiger charge is -2.29. The Morgan fingerprint density at radius 1 is 1.44 bits per heavy atom. The van der Waals surface area contributed by atoms with E-state index < -0.39 is 0 Å². The number of ether oxygens (including phenoxy) is 1. The maximum Gasteiger partial charge on any atom is 0.238 e. The summed E-state index contributed by atoms with van der Waals surface area (Å²) in [6.45, 7) is 6.91. The molecule has 6 nitrogen and oxygen atoms in total. The van der Waals surface area contributed by atoms with Gasteiger partial charge in [-0.15, -0.1) is 0 Å². The zero-order chi connectivity index (χ0) is 13.0. The van der Waals surface area contributed by atoms with Crippen LogP contribution < -0.4 is 10.2 Å². The number of hydrogen-bond donors (Lipinski definition) is 1. The molecule has 2 rings (SSSR count). The van der Waals surface area contributed by atoms with Crippen LogP contribution in [-0.4, -0.2) is 67.2 Å². The van der Waals surface area contributed by atoms with Crippen molar-refractivity contribution in [3.05, 3.63) is 0 Å². The van der Waals surface area contributed by atoms with Crippen LogP contribution >= 0.6 is 11.5 Å². The Balaban J connectivity index is 1.80. The Bertz CT molecular complexity index is 364. The second-order valence-corrected chi connectivity index (χ2v) is 5.50. The number of nitrogens with one attached hydrogen (secondary N) is 1. The van der Waals surface area contributed by atoms with Crippen LogP contribution in [0.25, 0.3) is 0 Å². The first-order valence-electron chi connectivity index (χ1n) is 6.23. The summed E-state index contributed by atoms with van der Waals surface area (Å²) in [7, 11) is 3.89. The molecule has 1 saturated heterocycles. The molecule has 1 aliphatic rings. The Morgan fingerprint density at radius 2 is 2.17 bits per heavy atom. The van der Waals surface area contributed by atoms with Gasteiger partial charge in [-0.05, 0) is 6.92 Å². The molecule has 1 aliphatic heterocycles. The van der Waals surface area contributed by atoms with E-state index in [1.165, 1.54) is 11.5 Å². The average molecular weight is 271 g/mol. The van der Waals surface area contributed by atoms with Gasteiger partial charge in [-0.2, -0.15) is 9.36 Å². The van der Waals surface area contributed by atoms with Crippen LogP contribution in [0.3, 0.4) is 0 Å². The summed E-state index contributed by atoms with van der Waals surface area (Å²) in [5.74, 6) is 0.765. The Labute approximate surface area is 112 Å². The Kier molecular flexibility index (Phi) is 4.73. The van der Waals surface area contributed by atoms with Gasteiger partial charge < -0.3 is 15.0 Å². The van der Waals surface area contributed by atoms with E-state index >= 15 is 0 Å². The summed E-state index contributed by atoms with van der Waals surface area (Å²) in [4.78, 5) is 8.74. The molecular weight excluding hydrogens is 250 g/mol. The maximum absolute atomic E-state index is 5.34. The second-order valence-electron chi connectivity index (χ2n) is 4.75. The molecular formula is C11H21N5OS. The summed E-state index contributed by atoms with van der Waals surface area (Å²) < 4.78 is 9.62. The molecule has 1 fully saturated rings. The predicted octanol–water partition coefficient (Wildman–Crippen LogP) is 0.737. The number of nitrogens with zero attached hydrogens (tertiary/aromatic N) is 4. The number of morpholine rings is 1. The summed E-state index contributed by atoms with van der Waals surface area (Å²) in [5.41, 5.74) is 0. The van der Waals surface area contributed by atoms with Crippen LogP contribution in [0.5, 0.6) is 0 Å². The molecule has 0 saturated carbocycles. The van der Waals surface area contributed by atoms with Crippen molar-refractivity contribution in [2.24, 2.45) is 0 Å². The zero-order valence-corrected chi connectivity index (χ0v) is 12.0. The van der Waals surface area contributed by atoms with Crippen molar-refractivity contribution < 1.29 is 4.74 Å². The van der Waals surface area contributed by atoms with Gasteiger partial charge in [0.1, 0.15) is 0 Å². The summed E-state index contributed by atoms with van der Waals surface area (Å²) in [5, 5.41) is 4.29. The highest BCUT2D eigenvalue weighted by Crippen LogP contribution is 2.17. The van der Waals surface area contributed by atoms with Crippen molar-refractivity contribution in [1.82, 2.24) is 14.3 Å². The highest BCUT2D eigenvalue weighted by atomic mass is 32.1. The molecule has 0 bridgehead atoms. The van der Waals surface area contributed by atoms with Crippen LogP contribution in [-0.2, 0) is 4.74 Å². The molecule has 0 unspecified atom stereocenters. The molecule has 0 aromatic carbocycles. The molecule has 0 aliphatic carbocycles. The normalized spacial score (nSPS) is 18.6. The third-order valence-corrected chi connectivity index (χ3v) is 3.46. The highest BCUT2D eigenvalue weighted by Gasteiger charge is 2.15. The van der Waals surface area contributed by atoms with Gasteiger partial charge in [-0.25, -0.2) is 0 Å². The van der Waals surface area contributed by atoms with E-state index in [9.17, 15) is 0 Å². The Hall–Kier alpha value is -0.920. The van der Waals surface area contributed by atoms with E-state index in [0.29, 0.717) is 6.04 Å². The summed E-state index contributed by atoms with van der Waals surface area (Å²) >= 11 is 1.41. The van der Waals surface area contributed by atoms with Gasteiger partial charge in [0, 0.05) is 51.3 Å². The third-order valence-electron chi connectivity index (χ3n) is 2.82. The minimum absolute atomic E-state index is 0.367. The number of hydrogen-bond acceptors (Lipinski definition) is 7. The first-order chi connectivity index (χ1) is 8.65. The van der Waals surface area contributed by atoms with Crippen molar-refractivity contribution in [3.63, 3.8) is 0 Å². The van der Waals surface area contributed by atoms with Crippen LogP contribution in [0.2, 0.25) is 0 Å². The molecule has 1 N–H and O–H groups in total. The van der Waals surface area contributed by atoms with Crippen molar-refractivity contribution in [3.8, 4) is 0 Å². The highest BCUT2D eigenvalue weighted by molar-refractivity contribution is 7.09. The average Bonchev–Trinajstić information content (AvgIpc) is 2.78. The lowest BCUT2D eigenvalue weighted by molar-refractivity contribution is 0.0368. The van der Waals surface area contributed by atoms with Gasteiger partial charge in [0.2, 0.25) is 11.1 Å². The Morgan fingerprint density at radius 3 is 2.78 bits per heavy atom. The molecule has 0 radical (unpaired) electrons. The maximum atomic E-state index is 5.34. The van der Waals surface area contributed by atoms with Crippen molar-refractivity contribution in [2.75, 3.05) is 57.2 Å². The van der Waals surface area contributed by atoms with E-state index in [2.05, 4.69) is 26.5 Å². The van der Waals surface area contributed by atoms with E-state index in [1.54, 1.807) is 0 Å². The fourth-order valence-electron chi connectivity index (χ4n) is 1.88. The van der Waals surface area contributed by atoms with Crippen molar-refractivity contribution >= 4 is 22.6 Å². The fourth-order valence-corrected chi connectivity index (χ4v) is 2.63. The quantitative estimate of drug-likeness (QED) is 0.852. The summed E-state index contributed by atoms with van der Waals surface area (Å²) in [6.07, 6.45) is 0. The second kappa shape index (κ2) is 6.31. The van der Waals surface area contributed by atoms with Crippen molar-refractivity contribution in [2.45, 2.75) is 13.0 Å². The minimum atomic E-state index is 0.367. The minimum Gasteiger partial charge on any atom is -0.379 e. The first-order valence-corrected chi connectivity index (χ1v) is 7.00. The van der Waals surface area contributed by atoms with E-state index in [1.807, 2.05) is 19.0 Å². The molecule has 1 aromatic rings. The fraction of sp³-hybridized carbons (Fsp3) is 0.818. The molecule has 0 spiro atoms. The van der Waals surface area contributed by atoms with E-state index in [0.717, 1.165) is 43.9 Å². The lowest BCUT2D eigenvalue weighted by atomic mass is 10.3. The van der Waals surface area contributed by atoms with E-state index in [-0.39, 0.29) is 0 Å². The molecule has 0 amide bonds. The molecule has 1 atom stereocenters. The van der Waals surface area contributed by atoms with Gasteiger partial charge >= 0.3 is 0 Å². The van der Waals surface area contributed by atoms with Crippen LogP contribution in [0.15, 0.2) is 0 Å². The van der Waals surface area contributed by atoms with Crippen LogP contribution in [0.1, 0.15) is 6.92 Å². The monoisotopic (exact) mass is 271 g/mol. The summed E-state index contributed by atoms with van der Waals surface area (Å²) in [6, 6.07) is 0.367. The molecule has 18 heavy (non-hydrogen) atoms. The molecule has 1 aromatic heterocycles. The lowest BCUT2D eigenvalue weighted by Crippen LogP contribution is -2.42. The first kappa shape index (κ1) is 13.5. The smallest absolute Gasteiger partial charge is 0.238 e. The predicted molar refractivity (Wildman–Crippen MR) is 74.6 cm³/mol. The van der Waals surface area contributed by atoms with Crippen LogP contribution in [0, 0.1) is 0 Å². The SMILES string of the molecule is C[C@@H](CN1CCOCC1)Nc1nc(N(C)C)ns1. The molecule has 102 valence electrons. The van der Waals surface area contributed by atoms with Gasteiger partial charge in [0.15, 0.2) is 0 Å². The van der Waals surface area contributed by atoms with Gasteiger partial charge in [-0.1, -0.05) is 0 Å². The van der Waals surface area contributed by atoms with Gasteiger partial charge in [0.05, 0.1) is 13.2 Å². The third kappa shape index (κ3) is 3.79.